The lowest BCUT2D eigenvalue weighted by Crippen LogP contribution is -2.48. The van der Waals surface area contributed by atoms with Gasteiger partial charge in [-0.3, -0.25) is 19.4 Å². The third-order valence-electron chi connectivity index (χ3n) is 6.29. The predicted octanol–water partition coefficient (Wildman–Crippen LogP) is 1.92. The van der Waals surface area contributed by atoms with Crippen LogP contribution in [0.15, 0.2) is 36.2 Å². The summed E-state index contributed by atoms with van der Waals surface area (Å²) in [5.74, 6) is -0.387. The number of Topliss-reactive ketones (excluding diaryl/α,β-unsaturated/α-hetero) is 2. The van der Waals surface area contributed by atoms with Gasteiger partial charge in [0.15, 0.2) is 11.6 Å². The molecule has 0 amide bonds. The largest absolute Gasteiger partial charge is 0.395 e. The molecule has 7 nitrogen and oxygen atoms in total. The molecule has 0 atom stereocenters. The second-order valence-corrected chi connectivity index (χ2v) is 8.68. The molecule has 31 heavy (non-hydrogen) atoms. The highest BCUT2D eigenvalue weighted by Crippen LogP contribution is 2.38. The summed E-state index contributed by atoms with van der Waals surface area (Å²) in [6.07, 6.45) is 4.09. The third-order valence-corrected chi connectivity index (χ3v) is 6.60. The number of aromatic amines is 1. The molecular weight excluding hydrogens is 416 g/mol. The van der Waals surface area contributed by atoms with Crippen molar-refractivity contribution in [3.8, 4) is 0 Å². The minimum absolute atomic E-state index is 0.118. The van der Waals surface area contributed by atoms with E-state index in [1.54, 1.807) is 6.20 Å². The van der Waals surface area contributed by atoms with Crippen LogP contribution in [0.2, 0.25) is 5.02 Å². The molecule has 3 N–H and O–H groups in total. The Bertz CT molecular complexity index is 958. The highest BCUT2D eigenvalue weighted by atomic mass is 35.5. The van der Waals surface area contributed by atoms with Crippen LogP contribution in [0.4, 0.5) is 0 Å². The minimum Gasteiger partial charge on any atom is -0.395 e. The van der Waals surface area contributed by atoms with Crippen LogP contribution in [0.5, 0.6) is 0 Å². The van der Waals surface area contributed by atoms with Crippen LogP contribution in [0.3, 0.4) is 0 Å². The first kappa shape index (κ1) is 22.0. The number of allylic oxidation sites excluding steroid dienone is 1. The van der Waals surface area contributed by atoms with Crippen molar-refractivity contribution >= 4 is 34.1 Å². The highest BCUT2D eigenvalue weighted by Gasteiger charge is 2.32. The van der Waals surface area contributed by atoms with E-state index in [2.05, 4.69) is 20.1 Å². The number of ketones is 2. The summed E-state index contributed by atoms with van der Waals surface area (Å²) >= 11 is 6.37. The zero-order valence-electron chi connectivity index (χ0n) is 17.6. The number of β-amino-alcohol motifs (C(OH)–C–C–N with tert-alkyl or cyclic N) is 1. The molecule has 1 aromatic heterocycles. The number of nitrogens with zero attached hydrogens (tertiary/aromatic N) is 2. The van der Waals surface area contributed by atoms with Gasteiger partial charge in [0.25, 0.3) is 0 Å². The van der Waals surface area contributed by atoms with Gasteiger partial charge in [-0.2, -0.15) is 0 Å². The molecule has 2 aliphatic rings. The van der Waals surface area contributed by atoms with Crippen molar-refractivity contribution in [1.29, 1.82) is 0 Å². The number of piperazine rings is 1. The van der Waals surface area contributed by atoms with E-state index in [9.17, 15) is 9.59 Å². The number of aromatic nitrogens is 1. The lowest BCUT2D eigenvalue weighted by molar-refractivity contribution is -0.124. The van der Waals surface area contributed by atoms with E-state index >= 15 is 0 Å². The molecule has 0 unspecified atom stereocenters. The van der Waals surface area contributed by atoms with Crippen molar-refractivity contribution in [3.63, 3.8) is 0 Å². The van der Waals surface area contributed by atoms with Crippen LogP contribution in [-0.4, -0.2) is 83.9 Å². The summed E-state index contributed by atoms with van der Waals surface area (Å²) < 4.78 is 0. The molecule has 1 aliphatic heterocycles. The Labute approximate surface area is 187 Å². The Morgan fingerprint density at radius 1 is 1.10 bits per heavy atom. The number of carbonyl (C=O) groups excluding carboxylic acids is 2. The Morgan fingerprint density at radius 3 is 2.45 bits per heavy atom. The first-order valence-corrected chi connectivity index (χ1v) is 11.3. The van der Waals surface area contributed by atoms with E-state index in [-0.39, 0.29) is 29.7 Å². The van der Waals surface area contributed by atoms with Gasteiger partial charge >= 0.3 is 0 Å². The molecule has 0 bridgehead atoms. The van der Waals surface area contributed by atoms with Gasteiger partial charge in [-0.15, -0.1) is 0 Å². The third kappa shape index (κ3) is 5.01. The summed E-state index contributed by atoms with van der Waals surface area (Å²) in [5, 5.41) is 13.7. The second kappa shape index (κ2) is 9.96. The van der Waals surface area contributed by atoms with E-state index in [4.69, 9.17) is 16.7 Å². The average molecular weight is 445 g/mol. The normalized spacial score (nSPS) is 21.1. The van der Waals surface area contributed by atoms with Crippen molar-refractivity contribution in [2.75, 3.05) is 52.4 Å². The van der Waals surface area contributed by atoms with Crippen molar-refractivity contribution in [2.24, 2.45) is 0 Å². The van der Waals surface area contributed by atoms with E-state index < -0.39 is 0 Å². The molecule has 1 saturated carbocycles. The molecule has 2 aromatic rings. The molecule has 166 valence electrons. The van der Waals surface area contributed by atoms with E-state index in [1.807, 2.05) is 24.4 Å². The maximum absolute atomic E-state index is 12.7. The second-order valence-electron chi connectivity index (χ2n) is 8.28. The number of fused-ring (bicyclic) bond motifs is 1. The first-order chi connectivity index (χ1) is 15.1. The average Bonchev–Trinajstić information content (AvgIpc) is 3.19. The number of hydrogen-bond donors (Lipinski definition) is 3. The number of H-pyrrole nitrogens is 1. The maximum atomic E-state index is 12.7. The Balaban J connectivity index is 1.31. The molecule has 1 aliphatic carbocycles. The Kier molecular flexibility index (Phi) is 7.07. The van der Waals surface area contributed by atoms with Gasteiger partial charge in [0.1, 0.15) is 0 Å². The quantitative estimate of drug-likeness (QED) is 0.343. The Morgan fingerprint density at radius 2 is 1.77 bits per heavy atom. The fraction of sp³-hybridized carbons (Fsp3) is 0.478. The maximum Gasteiger partial charge on any atom is 0.168 e. The van der Waals surface area contributed by atoms with E-state index in [0.717, 1.165) is 55.7 Å². The zero-order valence-corrected chi connectivity index (χ0v) is 18.3. The lowest BCUT2D eigenvalue weighted by atomic mass is 9.80. The monoisotopic (exact) mass is 444 g/mol. The number of halogens is 1. The number of benzene rings is 1. The minimum atomic E-state index is -0.152. The Hall–Kier alpha value is -2.19. The van der Waals surface area contributed by atoms with Gasteiger partial charge in [-0.05, 0) is 17.7 Å². The van der Waals surface area contributed by atoms with E-state index in [0.29, 0.717) is 24.4 Å². The van der Waals surface area contributed by atoms with Crippen molar-refractivity contribution in [3.05, 3.63) is 46.8 Å². The topological polar surface area (TPSA) is 88.7 Å². The zero-order chi connectivity index (χ0) is 21.8. The number of aliphatic hydroxyl groups is 1. The van der Waals surface area contributed by atoms with Crippen LogP contribution in [0, 0.1) is 0 Å². The molecule has 0 radical (unpaired) electrons. The standard InChI is InChI=1S/C23H29ClN4O3/c24-19-2-1-3-20-23(19)17(15-26-20)16-12-21(30)18(22(31)13-16)14-25-4-5-27-6-8-28(9-7-27)10-11-29/h1-3,14-16,25-26,29H,4-13H2. The smallest absolute Gasteiger partial charge is 0.168 e. The summed E-state index contributed by atoms with van der Waals surface area (Å²) in [6, 6.07) is 5.65. The number of hydrogen-bond acceptors (Lipinski definition) is 6. The van der Waals surface area contributed by atoms with Gasteiger partial charge in [0.05, 0.1) is 17.2 Å². The van der Waals surface area contributed by atoms with Crippen LogP contribution >= 0.6 is 11.6 Å². The van der Waals surface area contributed by atoms with Crippen LogP contribution in [0.25, 0.3) is 10.9 Å². The fourth-order valence-electron chi connectivity index (χ4n) is 4.54. The summed E-state index contributed by atoms with van der Waals surface area (Å²) in [5.41, 5.74) is 2.13. The van der Waals surface area contributed by atoms with Gasteiger partial charge in [-0.25, -0.2) is 0 Å². The first-order valence-electron chi connectivity index (χ1n) is 10.9. The van der Waals surface area contributed by atoms with Crippen LogP contribution in [0.1, 0.15) is 24.3 Å². The van der Waals surface area contributed by atoms with E-state index in [1.165, 1.54) is 0 Å². The fourth-order valence-corrected chi connectivity index (χ4v) is 4.82. The number of rotatable bonds is 7. The lowest BCUT2D eigenvalue weighted by Gasteiger charge is -2.34. The molecule has 2 fully saturated rings. The molecule has 4 rings (SSSR count). The van der Waals surface area contributed by atoms with Crippen molar-refractivity contribution in [2.45, 2.75) is 18.8 Å². The van der Waals surface area contributed by atoms with Gasteiger partial charge in [-0.1, -0.05) is 17.7 Å². The molecule has 1 aromatic carbocycles. The number of carbonyl (C=O) groups is 2. The van der Waals surface area contributed by atoms with Crippen LogP contribution in [-0.2, 0) is 9.59 Å². The number of nitrogens with one attached hydrogen (secondary N) is 2. The predicted molar refractivity (Wildman–Crippen MR) is 121 cm³/mol. The summed E-state index contributed by atoms with van der Waals surface area (Å²) in [6.45, 7) is 6.31. The molecule has 8 heteroatoms. The summed E-state index contributed by atoms with van der Waals surface area (Å²) in [4.78, 5) is 33.2. The van der Waals surface area contributed by atoms with Crippen molar-refractivity contribution < 1.29 is 14.7 Å². The number of aliphatic hydroxyl groups excluding tert-OH is 1. The van der Waals surface area contributed by atoms with Gasteiger partial charge in [0.2, 0.25) is 0 Å². The van der Waals surface area contributed by atoms with Crippen molar-refractivity contribution in [1.82, 2.24) is 20.1 Å². The van der Waals surface area contributed by atoms with Gasteiger partial charge < -0.3 is 15.4 Å². The molecule has 2 heterocycles. The molecule has 1 saturated heterocycles. The molecule has 0 spiro atoms. The molecular formula is C23H29ClN4O3. The highest BCUT2D eigenvalue weighted by molar-refractivity contribution is 6.35. The van der Waals surface area contributed by atoms with Gasteiger partial charge in [0, 0.05) is 87.9 Å². The van der Waals surface area contributed by atoms with Crippen LogP contribution < -0.4 is 5.32 Å². The SMILES string of the molecule is O=C1CC(c2c[nH]c3cccc(Cl)c23)CC(=O)C1=CNCCN1CCN(CCO)CC1. The summed E-state index contributed by atoms with van der Waals surface area (Å²) in [7, 11) is 0.